The second-order valence-corrected chi connectivity index (χ2v) is 9.33. The molecule has 1 heterocycles. The highest BCUT2D eigenvalue weighted by Gasteiger charge is 2.15. The molecule has 0 saturated heterocycles. The van der Waals surface area contributed by atoms with Crippen LogP contribution < -0.4 is 10.7 Å². The van der Waals surface area contributed by atoms with E-state index in [4.69, 9.17) is 11.6 Å². The predicted octanol–water partition coefficient (Wildman–Crippen LogP) is 3.85. The number of carbonyl (C=O) groups excluding carboxylic acids is 1. The minimum atomic E-state index is -3.45. The molecule has 152 valence electrons. The first-order valence-electron chi connectivity index (χ1n) is 9.05. The topological polar surface area (TPSA) is 85.2 Å². The molecule has 4 rings (SSSR count). The predicted molar refractivity (Wildman–Crippen MR) is 119 cm³/mol. The molecule has 3 aromatic carbocycles. The van der Waals surface area contributed by atoms with E-state index in [0.29, 0.717) is 21.8 Å². The molecule has 1 amide bonds. The third-order valence-electron chi connectivity index (χ3n) is 4.82. The largest absolute Gasteiger partial charge is 0.331 e. The van der Waals surface area contributed by atoms with Gasteiger partial charge in [-0.25, -0.2) is 8.42 Å². The number of fused-ring (bicyclic) bond motifs is 2. The van der Waals surface area contributed by atoms with Gasteiger partial charge in [-0.2, -0.15) is 0 Å². The first-order valence-corrected chi connectivity index (χ1v) is 11.3. The van der Waals surface area contributed by atoms with Gasteiger partial charge >= 0.3 is 0 Å². The van der Waals surface area contributed by atoms with Crippen LogP contribution in [0.3, 0.4) is 0 Å². The second-order valence-electron chi connectivity index (χ2n) is 6.91. The number of nitrogens with one attached hydrogen (secondary N) is 1. The van der Waals surface area contributed by atoms with E-state index < -0.39 is 15.7 Å². The van der Waals surface area contributed by atoms with E-state index in [1.165, 1.54) is 18.2 Å². The van der Waals surface area contributed by atoms with Crippen LogP contribution in [0.5, 0.6) is 0 Å². The normalized spacial score (nSPS) is 11.7. The SMILES string of the molecule is CS(=O)(=O)c1ccc(Cl)c(NC(=O)Cn2c3ccccc3c(=O)c3ccccc32)c1. The maximum atomic E-state index is 12.8. The Bertz CT molecular complexity index is 1420. The fourth-order valence-corrected chi connectivity index (χ4v) is 4.22. The van der Waals surface area contributed by atoms with Gasteiger partial charge in [0.05, 0.1) is 26.6 Å². The lowest BCUT2D eigenvalue weighted by Crippen LogP contribution is -2.21. The number of carbonyl (C=O) groups is 1. The maximum Gasteiger partial charge on any atom is 0.244 e. The van der Waals surface area contributed by atoms with Gasteiger partial charge in [-0.15, -0.1) is 0 Å². The molecule has 1 N–H and O–H groups in total. The second kappa shape index (κ2) is 7.59. The number of benzene rings is 3. The van der Waals surface area contributed by atoms with Crippen molar-refractivity contribution in [1.29, 1.82) is 0 Å². The first-order chi connectivity index (χ1) is 14.3. The van der Waals surface area contributed by atoms with Crippen molar-refractivity contribution in [2.75, 3.05) is 11.6 Å². The Kier molecular flexibility index (Phi) is 5.09. The van der Waals surface area contributed by atoms with E-state index in [0.717, 1.165) is 6.26 Å². The Morgan fingerprint density at radius 2 is 1.53 bits per heavy atom. The van der Waals surface area contributed by atoms with E-state index in [2.05, 4.69) is 5.32 Å². The van der Waals surface area contributed by atoms with Crippen LogP contribution in [0.1, 0.15) is 0 Å². The summed E-state index contributed by atoms with van der Waals surface area (Å²) in [7, 11) is -3.45. The van der Waals surface area contributed by atoms with Crippen molar-refractivity contribution < 1.29 is 13.2 Å². The van der Waals surface area contributed by atoms with Crippen LogP contribution >= 0.6 is 11.6 Å². The average molecular weight is 441 g/mol. The van der Waals surface area contributed by atoms with Crippen molar-refractivity contribution in [3.8, 4) is 0 Å². The summed E-state index contributed by atoms with van der Waals surface area (Å²) >= 11 is 6.15. The summed E-state index contributed by atoms with van der Waals surface area (Å²) in [6.07, 6.45) is 1.08. The van der Waals surface area contributed by atoms with E-state index in [1.807, 2.05) is 0 Å². The summed E-state index contributed by atoms with van der Waals surface area (Å²) in [6, 6.07) is 18.3. The van der Waals surface area contributed by atoms with Gasteiger partial charge in [0.2, 0.25) is 5.91 Å². The van der Waals surface area contributed by atoms with Crippen LogP contribution in [0.25, 0.3) is 21.8 Å². The number of aromatic nitrogens is 1. The number of anilines is 1. The smallest absolute Gasteiger partial charge is 0.244 e. The fraction of sp³-hybridized carbons (Fsp3) is 0.0909. The molecular formula is C22H17ClN2O4S. The summed E-state index contributed by atoms with van der Waals surface area (Å²) in [5, 5.41) is 3.94. The van der Waals surface area contributed by atoms with Crippen molar-refractivity contribution in [2.24, 2.45) is 0 Å². The number of hydrogen-bond acceptors (Lipinski definition) is 4. The lowest BCUT2D eigenvalue weighted by atomic mass is 10.1. The van der Waals surface area contributed by atoms with Crippen LogP contribution in [0, 0.1) is 0 Å². The fourth-order valence-electron chi connectivity index (χ4n) is 3.41. The molecule has 0 aliphatic rings. The number of halogens is 1. The molecule has 0 radical (unpaired) electrons. The summed E-state index contributed by atoms with van der Waals surface area (Å²) < 4.78 is 25.4. The minimum absolute atomic E-state index is 0.0569. The van der Waals surface area contributed by atoms with E-state index in [-0.39, 0.29) is 27.6 Å². The summed E-state index contributed by atoms with van der Waals surface area (Å²) in [5.74, 6) is -0.401. The Morgan fingerprint density at radius 3 is 2.10 bits per heavy atom. The number of sulfone groups is 1. The Hall–Kier alpha value is -3.16. The van der Waals surface area contributed by atoms with Gasteiger partial charge in [-0.3, -0.25) is 9.59 Å². The van der Waals surface area contributed by atoms with E-state index >= 15 is 0 Å². The number of nitrogens with zero attached hydrogens (tertiary/aromatic N) is 1. The molecule has 1 aromatic heterocycles. The van der Waals surface area contributed by atoms with Crippen molar-refractivity contribution in [1.82, 2.24) is 4.57 Å². The maximum absolute atomic E-state index is 12.8. The van der Waals surface area contributed by atoms with Gasteiger partial charge < -0.3 is 9.88 Å². The lowest BCUT2D eigenvalue weighted by molar-refractivity contribution is -0.116. The molecule has 0 spiro atoms. The number of para-hydroxylation sites is 2. The zero-order valence-corrected chi connectivity index (χ0v) is 17.5. The van der Waals surface area contributed by atoms with Crippen LogP contribution in [-0.2, 0) is 21.2 Å². The molecule has 4 aromatic rings. The minimum Gasteiger partial charge on any atom is -0.331 e. The van der Waals surface area contributed by atoms with Crippen molar-refractivity contribution >= 4 is 54.8 Å². The molecule has 0 aliphatic carbocycles. The van der Waals surface area contributed by atoms with Gasteiger partial charge in [0.15, 0.2) is 15.3 Å². The number of hydrogen-bond donors (Lipinski definition) is 1. The standard InChI is InChI=1S/C22H17ClN2O4S/c1-30(28,29)14-10-11-17(23)18(12-14)24-21(26)13-25-19-8-4-2-6-15(19)22(27)16-7-3-5-9-20(16)25/h2-12H,13H2,1H3,(H,24,26). The molecular weight excluding hydrogens is 424 g/mol. The number of pyridine rings is 1. The highest BCUT2D eigenvalue weighted by molar-refractivity contribution is 7.90. The summed E-state index contributed by atoms with van der Waals surface area (Å²) in [5.41, 5.74) is 1.38. The highest BCUT2D eigenvalue weighted by atomic mass is 35.5. The Labute approximate surface area is 177 Å². The summed E-state index contributed by atoms with van der Waals surface area (Å²) in [6.45, 7) is -0.0826. The first kappa shape index (κ1) is 20.1. The molecule has 0 saturated carbocycles. The molecule has 0 fully saturated rings. The van der Waals surface area contributed by atoms with Gasteiger partial charge in [0.25, 0.3) is 0 Å². The Morgan fingerprint density at radius 1 is 0.967 bits per heavy atom. The van der Waals surface area contributed by atoms with E-state index in [9.17, 15) is 18.0 Å². The van der Waals surface area contributed by atoms with Gasteiger partial charge in [0, 0.05) is 17.0 Å². The van der Waals surface area contributed by atoms with Crippen LogP contribution in [-0.4, -0.2) is 25.1 Å². The summed E-state index contributed by atoms with van der Waals surface area (Å²) in [4.78, 5) is 25.7. The van der Waals surface area contributed by atoms with Crippen molar-refractivity contribution in [3.05, 3.63) is 82.0 Å². The molecule has 0 aliphatic heterocycles. The highest BCUT2D eigenvalue weighted by Crippen LogP contribution is 2.26. The average Bonchev–Trinajstić information content (AvgIpc) is 2.72. The Balaban J connectivity index is 1.77. The van der Waals surface area contributed by atoms with Crippen molar-refractivity contribution in [2.45, 2.75) is 11.4 Å². The van der Waals surface area contributed by atoms with Crippen LogP contribution in [0.4, 0.5) is 5.69 Å². The molecule has 30 heavy (non-hydrogen) atoms. The molecule has 6 nitrogen and oxygen atoms in total. The van der Waals surface area contributed by atoms with Crippen molar-refractivity contribution in [3.63, 3.8) is 0 Å². The van der Waals surface area contributed by atoms with Crippen LogP contribution in [0.15, 0.2) is 76.4 Å². The zero-order valence-electron chi connectivity index (χ0n) is 15.9. The monoisotopic (exact) mass is 440 g/mol. The zero-order chi connectivity index (χ0) is 21.5. The number of amides is 1. The lowest BCUT2D eigenvalue weighted by Gasteiger charge is -2.15. The molecule has 8 heteroatoms. The van der Waals surface area contributed by atoms with E-state index in [1.54, 1.807) is 53.1 Å². The van der Waals surface area contributed by atoms with Gasteiger partial charge in [-0.1, -0.05) is 35.9 Å². The van der Waals surface area contributed by atoms with Gasteiger partial charge in [0.1, 0.15) is 6.54 Å². The number of rotatable bonds is 4. The molecule has 0 unspecified atom stereocenters. The molecule has 0 bridgehead atoms. The van der Waals surface area contributed by atoms with Crippen LogP contribution in [0.2, 0.25) is 5.02 Å². The third kappa shape index (κ3) is 3.69. The quantitative estimate of drug-likeness (QED) is 0.488. The molecule has 0 atom stereocenters. The van der Waals surface area contributed by atoms with Gasteiger partial charge in [-0.05, 0) is 42.5 Å². The third-order valence-corrected chi connectivity index (χ3v) is 6.26.